The summed E-state index contributed by atoms with van der Waals surface area (Å²) in [5.41, 5.74) is 3.19. The van der Waals surface area contributed by atoms with E-state index in [1.165, 1.54) is 5.56 Å². The highest BCUT2D eigenvalue weighted by atomic mass is 16.5. The third kappa shape index (κ3) is 4.11. The highest BCUT2D eigenvalue weighted by Gasteiger charge is 2.07. The lowest BCUT2D eigenvalue weighted by molar-refractivity contribution is 0.0743. The number of fused-ring (bicyclic) bond motifs is 1. The predicted octanol–water partition coefficient (Wildman–Crippen LogP) is 3.55. The molecule has 5 heteroatoms. The monoisotopic (exact) mass is 324 g/mol. The van der Waals surface area contributed by atoms with Gasteiger partial charge in [-0.2, -0.15) is 0 Å². The van der Waals surface area contributed by atoms with E-state index >= 15 is 0 Å². The number of anilines is 1. The number of pyridine rings is 1. The van der Waals surface area contributed by atoms with Gasteiger partial charge in [0.15, 0.2) is 5.65 Å². The second-order valence-corrected chi connectivity index (χ2v) is 6.35. The number of benzene rings is 1. The second-order valence-electron chi connectivity index (χ2n) is 6.35. The van der Waals surface area contributed by atoms with Gasteiger partial charge >= 0.3 is 0 Å². The molecular formula is C19H24N4O. The molecule has 0 spiro atoms. The zero-order valence-electron chi connectivity index (χ0n) is 14.4. The van der Waals surface area contributed by atoms with E-state index in [1.54, 1.807) is 0 Å². The van der Waals surface area contributed by atoms with E-state index in [9.17, 15) is 0 Å². The molecule has 0 unspecified atom stereocenters. The lowest BCUT2D eigenvalue weighted by Crippen LogP contribution is -2.23. The normalized spacial score (nSPS) is 12.7. The number of hydrogen-bond donors (Lipinski definition) is 1. The van der Waals surface area contributed by atoms with E-state index in [2.05, 4.69) is 60.6 Å². The van der Waals surface area contributed by atoms with Gasteiger partial charge in [-0.3, -0.25) is 4.40 Å². The van der Waals surface area contributed by atoms with Crippen LogP contribution in [0.15, 0.2) is 48.7 Å². The van der Waals surface area contributed by atoms with E-state index in [0.717, 1.165) is 23.6 Å². The van der Waals surface area contributed by atoms with E-state index in [1.807, 2.05) is 28.8 Å². The Morgan fingerprint density at radius 3 is 2.58 bits per heavy atom. The van der Waals surface area contributed by atoms with Gasteiger partial charge in [0, 0.05) is 24.3 Å². The molecule has 0 aliphatic rings. The van der Waals surface area contributed by atoms with Gasteiger partial charge in [-0.1, -0.05) is 18.2 Å². The Kier molecular flexibility index (Phi) is 5.11. The summed E-state index contributed by atoms with van der Waals surface area (Å²) in [4.78, 5) is 0. The minimum Gasteiger partial charge on any atom is -0.380 e. The van der Waals surface area contributed by atoms with Crippen molar-refractivity contribution in [3.63, 3.8) is 0 Å². The first kappa shape index (κ1) is 16.5. The van der Waals surface area contributed by atoms with Gasteiger partial charge in [0.2, 0.25) is 0 Å². The number of aromatic nitrogens is 3. The quantitative estimate of drug-likeness (QED) is 0.722. The maximum Gasteiger partial charge on any atom is 0.160 e. The van der Waals surface area contributed by atoms with Gasteiger partial charge in [-0.15, -0.1) is 10.2 Å². The molecule has 0 fully saturated rings. The molecule has 2 aromatic heterocycles. The summed E-state index contributed by atoms with van der Waals surface area (Å²) < 4.78 is 7.66. The first-order valence-electron chi connectivity index (χ1n) is 8.37. The summed E-state index contributed by atoms with van der Waals surface area (Å²) in [5, 5.41) is 11.9. The fourth-order valence-corrected chi connectivity index (χ4v) is 2.58. The Morgan fingerprint density at radius 1 is 1.04 bits per heavy atom. The van der Waals surface area contributed by atoms with Crippen LogP contribution in [-0.2, 0) is 11.2 Å². The summed E-state index contributed by atoms with van der Waals surface area (Å²) in [6.07, 6.45) is 3.02. The Bertz CT molecular complexity index is 779. The SMILES string of the molecule is CC(C)OC[C@H](C)Nc1ccc(Cc2nnc3ccccn23)cc1. The highest BCUT2D eigenvalue weighted by Crippen LogP contribution is 2.14. The van der Waals surface area contributed by atoms with E-state index in [-0.39, 0.29) is 12.1 Å². The molecule has 1 N–H and O–H groups in total. The smallest absolute Gasteiger partial charge is 0.160 e. The minimum atomic E-state index is 0.259. The summed E-state index contributed by atoms with van der Waals surface area (Å²) in [6, 6.07) is 14.7. The van der Waals surface area contributed by atoms with Gasteiger partial charge in [0.25, 0.3) is 0 Å². The molecule has 0 aliphatic heterocycles. The van der Waals surface area contributed by atoms with Crippen molar-refractivity contribution in [2.75, 3.05) is 11.9 Å². The summed E-state index contributed by atoms with van der Waals surface area (Å²) in [6.45, 7) is 6.93. The van der Waals surface area contributed by atoms with Crippen LogP contribution in [0.4, 0.5) is 5.69 Å². The number of rotatable bonds is 7. The Balaban J connectivity index is 1.62. The standard InChI is InChI=1S/C19H24N4O/c1-14(2)24-13-15(3)20-17-9-7-16(8-10-17)12-19-22-21-18-6-4-5-11-23(18)19/h4-11,14-15,20H,12-13H2,1-3H3/t15-/m0/s1. The summed E-state index contributed by atoms with van der Waals surface area (Å²) >= 11 is 0. The zero-order chi connectivity index (χ0) is 16.9. The predicted molar refractivity (Wildman–Crippen MR) is 96.4 cm³/mol. The molecule has 2 heterocycles. The number of nitrogens with zero attached hydrogens (tertiary/aromatic N) is 3. The largest absolute Gasteiger partial charge is 0.380 e. The molecule has 1 atom stereocenters. The molecule has 0 bridgehead atoms. The fourth-order valence-electron chi connectivity index (χ4n) is 2.58. The lowest BCUT2D eigenvalue weighted by Gasteiger charge is -2.17. The van der Waals surface area contributed by atoms with Crippen molar-refractivity contribution in [2.45, 2.75) is 39.3 Å². The van der Waals surface area contributed by atoms with Crippen molar-refractivity contribution < 1.29 is 4.74 Å². The van der Waals surface area contributed by atoms with Gasteiger partial charge in [0.05, 0.1) is 12.7 Å². The molecule has 24 heavy (non-hydrogen) atoms. The van der Waals surface area contributed by atoms with E-state index < -0.39 is 0 Å². The molecule has 0 saturated heterocycles. The van der Waals surface area contributed by atoms with Gasteiger partial charge in [0.1, 0.15) is 5.82 Å². The van der Waals surface area contributed by atoms with Gasteiger partial charge in [-0.05, 0) is 50.6 Å². The van der Waals surface area contributed by atoms with Crippen LogP contribution in [-0.4, -0.2) is 33.4 Å². The first-order valence-corrected chi connectivity index (χ1v) is 8.37. The van der Waals surface area contributed by atoms with Gasteiger partial charge < -0.3 is 10.1 Å². The molecule has 3 aromatic rings. The molecule has 0 aliphatic carbocycles. The fraction of sp³-hybridized carbons (Fsp3) is 0.368. The molecule has 3 rings (SSSR count). The van der Waals surface area contributed by atoms with Crippen molar-refractivity contribution in [2.24, 2.45) is 0 Å². The maximum absolute atomic E-state index is 5.63. The van der Waals surface area contributed by atoms with E-state index in [0.29, 0.717) is 6.61 Å². The lowest BCUT2D eigenvalue weighted by atomic mass is 10.1. The molecule has 5 nitrogen and oxygen atoms in total. The average molecular weight is 324 g/mol. The van der Waals surface area contributed by atoms with Crippen LogP contribution in [0.5, 0.6) is 0 Å². The zero-order valence-corrected chi connectivity index (χ0v) is 14.4. The number of nitrogens with one attached hydrogen (secondary N) is 1. The van der Waals surface area contributed by atoms with Crippen LogP contribution in [0.3, 0.4) is 0 Å². The summed E-state index contributed by atoms with van der Waals surface area (Å²) in [7, 11) is 0. The van der Waals surface area contributed by atoms with Crippen LogP contribution in [0.2, 0.25) is 0 Å². The van der Waals surface area contributed by atoms with Gasteiger partial charge in [-0.25, -0.2) is 0 Å². The second kappa shape index (κ2) is 7.45. The van der Waals surface area contributed by atoms with Crippen LogP contribution in [0.1, 0.15) is 32.2 Å². The van der Waals surface area contributed by atoms with Crippen LogP contribution >= 0.6 is 0 Å². The highest BCUT2D eigenvalue weighted by molar-refractivity contribution is 5.46. The third-order valence-corrected chi connectivity index (χ3v) is 3.79. The molecule has 1 aromatic carbocycles. The summed E-state index contributed by atoms with van der Waals surface area (Å²) in [5.74, 6) is 0.949. The minimum absolute atomic E-state index is 0.259. The van der Waals surface area contributed by atoms with Crippen molar-refractivity contribution in [3.05, 3.63) is 60.0 Å². The molecule has 0 saturated carbocycles. The molecule has 0 amide bonds. The van der Waals surface area contributed by atoms with Crippen molar-refractivity contribution in [3.8, 4) is 0 Å². The molecule has 0 radical (unpaired) electrons. The van der Waals surface area contributed by atoms with Crippen LogP contribution < -0.4 is 5.32 Å². The molecule has 126 valence electrons. The van der Waals surface area contributed by atoms with Crippen molar-refractivity contribution in [1.29, 1.82) is 0 Å². The Morgan fingerprint density at radius 2 is 1.83 bits per heavy atom. The van der Waals surface area contributed by atoms with Crippen molar-refractivity contribution in [1.82, 2.24) is 14.6 Å². The first-order chi connectivity index (χ1) is 11.6. The Hall–Kier alpha value is -2.40. The Labute approximate surface area is 142 Å². The van der Waals surface area contributed by atoms with Crippen LogP contribution in [0.25, 0.3) is 5.65 Å². The maximum atomic E-state index is 5.63. The van der Waals surface area contributed by atoms with Crippen molar-refractivity contribution >= 4 is 11.3 Å². The average Bonchev–Trinajstić information content (AvgIpc) is 2.98. The topological polar surface area (TPSA) is 51.5 Å². The molecular weight excluding hydrogens is 300 g/mol. The van der Waals surface area contributed by atoms with Crippen LogP contribution in [0, 0.1) is 0 Å². The third-order valence-electron chi connectivity index (χ3n) is 3.79. The number of ether oxygens (including phenoxy) is 1. The van der Waals surface area contributed by atoms with E-state index in [4.69, 9.17) is 4.74 Å². The number of hydrogen-bond acceptors (Lipinski definition) is 4.